The minimum atomic E-state index is 0.0635. The number of urea groups is 1. The Bertz CT molecular complexity index is 735. The van der Waals surface area contributed by atoms with Crippen LogP contribution in [0.5, 0.6) is 0 Å². The molecule has 1 aromatic carbocycles. The molecule has 2 fully saturated rings. The van der Waals surface area contributed by atoms with Gasteiger partial charge in [-0.25, -0.2) is 4.79 Å². The zero-order valence-corrected chi connectivity index (χ0v) is 14.8. The van der Waals surface area contributed by atoms with Gasteiger partial charge in [0, 0.05) is 31.2 Å². The highest BCUT2D eigenvalue weighted by atomic mass is 16.2. The largest absolute Gasteiger partial charge is 0.337 e. The van der Waals surface area contributed by atoms with Crippen LogP contribution in [0.15, 0.2) is 42.7 Å². The fourth-order valence-corrected chi connectivity index (χ4v) is 4.09. The van der Waals surface area contributed by atoms with E-state index in [1.54, 1.807) is 0 Å². The predicted octanol–water partition coefficient (Wildman–Crippen LogP) is 3.27. The summed E-state index contributed by atoms with van der Waals surface area (Å²) in [6.45, 7) is 4.32. The summed E-state index contributed by atoms with van der Waals surface area (Å²) in [5, 5.41) is 7.60. The van der Waals surface area contributed by atoms with E-state index in [-0.39, 0.29) is 11.4 Å². The van der Waals surface area contributed by atoms with Crippen LogP contribution in [0.1, 0.15) is 42.9 Å². The van der Waals surface area contributed by atoms with Crippen LogP contribution in [0.25, 0.3) is 0 Å². The van der Waals surface area contributed by atoms with E-state index in [0.29, 0.717) is 6.04 Å². The molecule has 1 atom stereocenters. The van der Waals surface area contributed by atoms with Crippen molar-refractivity contribution in [1.82, 2.24) is 20.0 Å². The Hall–Kier alpha value is -2.30. The topological polar surface area (TPSA) is 50.2 Å². The molecule has 2 heterocycles. The molecule has 2 amide bonds. The maximum Gasteiger partial charge on any atom is 0.317 e. The summed E-state index contributed by atoms with van der Waals surface area (Å²) in [5.74, 6) is 0. The van der Waals surface area contributed by atoms with Crippen molar-refractivity contribution in [3.05, 3.63) is 53.9 Å². The normalized spacial score (nSPS) is 21.8. The zero-order chi connectivity index (χ0) is 17.3. The number of nitrogens with zero attached hydrogens (tertiary/aromatic N) is 3. The molecule has 4 rings (SSSR count). The average Bonchev–Trinajstić information content (AvgIpc) is 3.23. The zero-order valence-electron chi connectivity index (χ0n) is 14.8. The van der Waals surface area contributed by atoms with Gasteiger partial charge in [0.1, 0.15) is 0 Å². The first-order chi connectivity index (χ1) is 12.2. The molecule has 5 heteroatoms. The molecule has 1 aromatic heterocycles. The third-order valence-electron chi connectivity index (χ3n) is 5.83. The molecule has 1 N–H and O–H groups in total. The van der Waals surface area contributed by atoms with Crippen molar-refractivity contribution in [2.45, 2.75) is 44.1 Å². The van der Waals surface area contributed by atoms with Gasteiger partial charge in [-0.3, -0.25) is 4.68 Å². The van der Waals surface area contributed by atoms with Crippen molar-refractivity contribution >= 4 is 6.03 Å². The number of benzene rings is 1. The number of aromatic nitrogens is 2. The highest BCUT2D eigenvalue weighted by Crippen LogP contribution is 2.43. The summed E-state index contributed by atoms with van der Waals surface area (Å²) in [6.07, 6.45) is 8.47. The maximum absolute atomic E-state index is 12.6. The maximum atomic E-state index is 12.6. The van der Waals surface area contributed by atoms with Crippen LogP contribution in [-0.4, -0.2) is 40.3 Å². The minimum absolute atomic E-state index is 0.0635. The number of rotatable bonds is 4. The van der Waals surface area contributed by atoms with E-state index in [9.17, 15) is 4.79 Å². The first-order valence-electron chi connectivity index (χ1n) is 9.25. The second kappa shape index (κ2) is 6.54. The quantitative estimate of drug-likeness (QED) is 0.930. The Kier molecular flexibility index (Phi) is 4.24. The average molecular weight is 338 g/mol. The van der Waals surface area contributed by atoms with Gasteiger partial charge < -0.3 is 10.2 Å². The Labute approximate surface area is 149 Å². The lowest BCUT2D eigenvalue weighted by atomic mass is 9.64. The number of hydrogen-bond donors (Lipinski definition) is 1. The number of hydrogen-bond acceptors (Lipinski definition) is 2. The Morgan fingerprint density at radius 3 is 2.76 bits per heavy atom. The molecule has 0 spiro atoms. The molecule has 0 bridgehead atoms. The highest BCUT2D eigenvalue weighted by molar-refractivity contribution is 5.74. The van der Waals surface area contributed by atoms with E-state index in [1.807, 2.05) is 22.7 Å². The van der Waals surface area contributed by atoms with Crippen molar-refractivity contribution in [1.29, 1.82) is 0 Å². The summed E-state index contributed by atoms with van der Waals surface area (Å²) in [7, 11) is 0. The lowest BCUT2D eigenvalue weighted by Crippen LogP contribution is -2.49. The summed E-state index contributed by atoms with van der Waals surface area (Å²) >= 11 is 0. The van der Waals surface area contributed by atoms with Crippen LogP contribution in [-0.2, 0) is 5.41 Å². The van der Waals surface area contributed by atoms with Crippen molar-refractivity contribution in [2.75, 3.05) is 19.6 Å². The Morgan fingerprint density at radius 2 is 2.12 bits per heavy atom. The van der Waals surface area contributed by atoms with Crippen LogP contribution in [0.3, 0.4) is 0 Å². The minimum Gasteiger partial charge on any atom is -0.337 e. The van der Waals surface area contributed by atoms with Gasteiger partial charge in [-0.1, -0.05) is 36.8 Å². The molecule has 1 aliphatic heterocycles. The van der Waals surface area contributed by atoms with Gasteiger partial charge in [0.2, 0.25) is 0 Å². The molecule has 1 saturated heterocycles. The molecule has 0 radical (unpaired) electrons. The van der Waals surface area contributed by atoms with E-state index in [1.165, 1.54) is 12.0 Å². The second-order valence-corrected chi connectivity index (χ2v) is 7.54. The van der Waals surface area contributed by atoms with E-state index in [4.69, 9.17) is 0 Å². The van der Waals surface area contributed by atoms with Gasteiger partial charge >= 0.3 is 6.03 Å². The van der Waals surface area contributed by atoms with E-state index < -0.39 is 0 Å². The number of likely N-dealkylation sites (tertiary alicyclic amines) is 1. The molecular formula is C20H26N4O. The number of aryl methyl sites for hydroxylation is 1. The lowest BCUT2D eigenvalue weighted by molar-refractivity contribution is 0.190. The van der Waals surface area contributed by atoms with Crippen molar-refractivity contribution in [3.63, 3.8) is 0 Å². The highest BCUT2D eigenvalue weighted by Gasteiger charge is 2.39. The van der Waals surface area contributed by atoms with Crippen LogP contribution < -0.4 is 5.32 Å². The summed E-state index contributed by atoms with van der Waals surface area (Å²) < 4.78 is 2.00. The first-order valence-corrected chi connectivity index (χ1v) is 9.25. The Balaban J connectivity index is 1.35. The van der Waals surface area contributed by atoms with Crippen molar-refractivity contribution in [3.8, 4) is 0 Å². The monoisotopic (exact) mass is 338 g/mol. The second-order valence-electron chi connectivity index (χ2n) is 7.54. The molecule has 1 unspecified atom stereocenters. The van der Waals surface area contributed by atoms with Gasteiger partial charge in [-0.05, 0) is 37.3 Å². The van der Waals surface area contributed by atoms with Gasteiger partial charge in [0.25, 0.3) is 0 Å². The fraction of sp³-hybridized carbons (Fsp3) is 0.500. The van der Waals surface area contributed by atoms with E-state index in [0.717, 1.165) is 44.5 Å². The van der Waals surface area contributed by atoms with E-state index in [2.05, 4.69) is 46.9 Å². The SMILES string of the molecule is Cc1cnn(C2CCN(C(=O)NCC3(c4ccccc4)CCC3)C2)c1. The molecule has 1 aliphatic carbocycles. The molecule has 2 aliphatic rings. The summed E-state index contributed by atoms with van der Waals surface area (Å²) in [6, 6.07) is 11.0. The van der Waals surface area contributed by atoms with Crippen LogP contribution in [0.4, 0.5) is 4.79 Å². The molecule has 5 nitrogen and oxygen atoms in total. The van der Waals surface area contributed by atoms with Crippen LogP contribution in [0, 0.1) is 6.92 Å². The predicted molar refractivity (Wildman–Crippen MR) is 97.6 cm³/mol. The molecule has 25 heavy (non-hydrogen) atoms. The number of carbonyl (C=O) groups excluding carboxylic acids is 1. The first kappa shape index (κ1) is 16.2. The number of nitrogens with one attached hydrogen (secondary N) is 1. The number of carbonyl (C=O) groups is 1. The van der Waals surface area contributed by atoms with Gasteiger partial charge in [0.05, 0.1) is 12.2 Å². The fourth-order valence-electron chi connectivity index (χ4n) is 4.09. The van der Waals surface area contributed by atoms with Crippen LogP contribution >= 0.6 is 0 Å². The van der Waals surface area contributed by atoms with Gasteiger partial charge in [0.15, 0.2) is 0 Å². The van der Waals surface area contributed by atoms with E-state index >= 15 is 0 Å². The summed E-state index contributed by atoms with van der Waals surface area (Å²) in [5.41, 5.74) is 2.65. The Morgan fingerprint density at radius 1 is 1.32 bits per heavy atom. The molecular weight excluding hydrogens is 312 g/mol. The smallest absolute Gasteiger partial charge is 0.317 e. The standard InChI is InChI=1S/C20H26N4O/c1-16-12-22-24(13-16)18-8-11-23(14-18)19(25)21-15-20(9-5-10-20)17-6-3-2-4-7-17/h2-4,6-7,12-13,18H,5,8-11,14-15H2,1H3,(H,21,25). The van der Waals surface area contributed by atoms with Crippen molar-refractivity contribution < 1.29 is 4.79 Å². The third-order valence-corrected chi connectivity index (χ3v) is 5.83. The summed E-state index contributed by atoms with van der Waals surface area (Å²) in [4.78, 5) is 14.6. The van der Waals surface area contributed by atoms with Crippen molar-refractivity contribution in [2.24, 2.45) is 0 Å². The lowest BCUT2D eigenvalue weighted by Gasteiger charge is -2.43. The van der Waals surface area contributed by atoms with Gasteiger partial charge in [-0.2, -0.15) is 5.10 Å². The third kappa shape index (κ3) is 3.15. The molecule has 1 saturated carbocycles. The number of amides is 2. The molecule has 132 valence electrons. The van der Waals surface area contributed by atoms with Crippen LogP contribution in [0.2, 0.25) is 0 Å². The molecule has 2 aromatic rings. The van der Waals surface area contributed by atoms with Gasteiger partial charge in [-0.15, -0.1) is 0 Å².